The lowest BCUT2D eigenvalue weighted by Crippen LogP contribution is -2.12. The van der Waals surface area contributed by atoms with Crippen LogP contribution in [0, 0.1) is 0 Å². The van der Waals surface area contributed by atoms with Crippen molar-refractivity contribution in [2.24, 2.45) is 5.14 Å². The van der Waals surface area contributed by atoms with Crippen molar-refractivity contribution in [3.05, 3.63) is 56.5 Å². The van der Waals surface area contributed by atoms with Crippen LogP contribution in [0.4, 0.5) is 0 Å². The average Bonchev–Trinajstić information content (AvgIpc) is 2.36. The number of hydrogen-bond acceptors (Lipinski definition) is 3. The Morgan fingerprint density at radius 1 is 1.14 bits per heavy atom. The van der Waals surface area contributed by atoms with Gasteiger partial charge in [-0.05, 0) is 29.8 Å². The minimum Gasteiger partial charge on any atom is -0.486 e. The first-order chi connectivity index (χ1) is 9.77. The minimum atomic E-state index is -3.87. The average molecular weight is 411 g/mol. The van der Waals surface area contributed by atoms with Crippen molar-refractivity contribution in [1.29, 1.82) is 0 Å². The standard InChI is InChI=1S/C13H10BrCl2NO3S/c14-9-3-1-2-8(4-9)7-20-13-11(15)5-10(6-12(13)16)21(17,18)19/h1-6H,7H2,(H2,17,18,19). The van der Waals surface area contributed by atoms with E-state index in [-0.39, 0.29) is 27.3 Å². The number of sulfonamides is 1. The van der Waals surface area contributed by atoms with E-state index in [1.54, 1.807) is 0 Å². The second-order valence-electron chi connectivity index (χ2n) is 4.18. The Bertz CT molecular complexity index is 758. The molecule has 2 aromatic rings. The lowest BCUT2D eigenvalue weighted by molar-refractivity contribution is 0.306. The summed E-state index contributed by atoms with van der Waals surface area (Å²) in [6.45, 7) is 0.244. The van der Waals surface area contributed by atoms with E-state index in [1.165, 1.54) is 12.1 Å². The molecule has 0 aliphatic rings. The van der Waals surface area contributed by atoms with Crippen molar-refractivity contribution >= 4 is 49.2 Å². The SMILES string of the molecule is NS(=O)(=O)c1cc(Cl)c(OCc2cccc(Br)c2)c(Cl)c1. The van der Waals surface area contributed by atoms with Gasteiger partial charge in [0.2, 0.25) is 10.0 Å². The molecular formula is C13H10BrCl2NO3S. The Balaban J connectivity index is 2.25. The van der Waals surface area contributed by atoms with Gasteiger partial charge in [-0.15, -0.1) is 0 Å². The van der Waals surface area contributed by atoms with Crippen LogP contribution < -0.4 is 9.88 Å². The van der Waals surface area contributed by atoms with E-state index in [1.807, 2.05) is 24.3 Å². The Morgan fingerprint density at radius 3 is 2.29 bits per heavy atom. The number of primary sulfonamides is 1. The van der Waals surface area contributed by atoms with Crippen molar-refractivity contribution in [2.75, 3.05) is 0 Å². The smallest absolute Gasteiger partial charge is 0.238 e. The summed E-state index contributed by atoms with van der Waals surface area (Å²) < 4.78 is 29.0. The van der Waals surface area contributed by atoms with Crippen LogP contribution in [0.25, 0.3) is 0 Å². The van der Waals surface area contributed by atoms with Gasteiger partial charge in [0.05, 0.1) is 14.9 Å². The summed E-state index contributed by atoms with van der Waals surface area (Å²) in [4.78, 5) is -0.160. The third-order valence-corrected chi connectivity index (χ3v) is 4.52. The number of benzene rings is 2. The van der Waals surface area contributed by atoms with Gasteiger partial charge in [-0.3, -0.25) is 0 Å². The van der Waals surface area contributed by atoms with Crippen molar-refractivity contribution in [2.45, 2.75) is 11.5 Å². The van der Waals surface area contributed by atoms with E-state index in [0.717, 1.165) is 10.0 Å². The van der Waals surface area contributed by atoms with Gasteiger partial charge in [0.15, 0.2) is 5.75 Å². The molecule has 0 radical (unpaired) electrons. The Labute approximate surface area is 141 Å². The van der Waals surface area contributed by atoms with Gasteiger partial charge in [0, 0.05) is 4.47 Å². The predicted molar refractivity (Wildman–Crippen MR) is 86.3 cm³/mol. The van der Waals surface area contributed by atoms with Gasteiger partial charge in [-0.25, -0.2) is 13.6 Å². The lowest BCUT2D eigenvalue weighted by Gasteiger charge is -2.11. The fourth-order valence-corrected chi connectivity index (χ4v) is 3.36. The number of ether oxygens (including phenoxy) is 1. The zero-order valence-electron chi connectivity index (χ0n) is 10.5. The van der Waals surface area contributed by atoms with Crippen molar-refractivity contribution in [1.82, 2.24) is 0 Å². The van der Waals surface area contributed by atoms with Gasteiger partial charge >= 0.3 is 0 Å². The quantitative estimate of drug-likeness (QED) is 0.828. The van der Waals surface area contributed by atoms with E-state index >= 15 is 0 Å². The molecule has 0 amide bonds. The topological polar surface area (TPSA) is 69.4 Å². The zero-order valence-corrected chi connectivity index (χ0v) is 14.4. The predicted octanol–water partition coefficient (Wildman–Crippen LogP) is 3.98. The molecule has 0 heterocycles. The maximum Gasteiger partial charge on any atom is 0.238 e. The Hall–Kier alpha value is -0.790. The molecule has 0 aromatic heterocycles. The summed E-state index contributed by atoms with van der Waals surface area (Å²) in [5.41, 5.74) is 0.909. The first-order valence-corrected chi connectivity index (χ1v) is 8.76. The zero-order chi connectivity index (χ0) is 15.6. The highest BCUT2D eigenvalue weighted by Gasteiger charge is 2.16. The second-order valence-corrected chi connectivity index (χ2v) is 7.47. The maximum atomic E-state index is 11.3. The molecule has 0 saturated carbocycles. The molecule has 0 aliphatic heterocycles. The Kier molecular flexibility index (Phi) is 5.16. The molecule has 4 nitrogen and oxygen atoms in total. The van der Waals surface area contributed by atoms with Gasteiger partial charge in [-0.2, -0.15) is 0 Å². The summed E-state index contributed by atoms with van der Waals surface area (Å²) in [6, 6.07) is 9.95. The monoisotopic (exact) mass is 409 g/mol. The summed E-state index contributed by atoms with van der Waals surface area (Å²) in [5.74, 6) is 0.214. The van der Waals surface area contributed by atoms with Crippen LogP contribution in [0.1, 0.15) is 5.56 Å². The van der Waals surface area contributed by atoms with Crippen LogP contribution in [-0.4, -0.2) is 8.42 Å². The first kappa shape index (κ1) is 16.6. The fraction of sp³-hybridized carbons (Fsp3) is 0.0769. The van der Waals surface area contributed by atoms with E-state index in [0.29, 0.717) is 0 Å². The second kappa shape index (κ2) is 6.54. The lowest BCUT2D eigenvalue weighted by atomic mass is 10.2. The molecule has 0 atom stereocenters. The maximum absolute atomic E-state index is 11.3. The highest BCUT2D eigenvalue weighted by Crippen LogP contribution is 2.35. The van der Waals surface area contributed by atoms with Crippen LogP contribution in [0.3, 0.4) is 0 Å². The van der Waals surface area contributed by atoms with Crippen LogP contribution in [-0.2, 0) is 16.6 Å². The molecule has 2 rings (SSSR count). The molecule has 21 heavy (non-hydrogen) atoms. The largest absolute Gasteiger partial charge is 0.486 e. The van der Waals surface area contributed by atoms with Crippen molar-refractivity contribution in [3.8, 4) is 5.75 Å². The van der Waals surface area contributed by atoms with Gasteiger partial charge in [0.25, 0.3) is 0 Å². The van der Waals surface area contributed by atoms with Crippen LogP contribution in [0.15, 0.2) is 45.8 Å². The number of nitrogens with two attached hydrogens (primary N) is 1. The van der Waals surface area contributed by atoms with Gasteiger partial charge in [0.1, 0.15) is 6.61 Å². The van der Waals surface area contributed by atoms with E-state index in [9.17, 15) is 8.42 Å². The van der Waals surface area contributed by atoms with Crippen molar-refractivity contribution < 1.29 is 13.2 Å². The fourth-order valence-electron chi connectivity index (χ4n) is 1.62. The molecule has 2 aromatic carbocycles. The molecule has 8 heteroatoms. The molecular weight excluding hydrogens is 401 g/mol. The minimum absolute atomic E-state index is 0.0847. The summed E-state index contributed by atoms with van der Waals surface area (Å²) in [7, 11) is -3.87. The molecule has 0 fully saturated rings. The molecule has 0 unspecified atom stereocenters. The molecule has 2 N–H and O–H groups in total. The summed E-state index contributed by atoms with van der Waals surface area (Å²) in [5, 5.41) is 5.20. The van der Waals surface area contributed by atoms with Crippen LogP contribution in [0.2, 0.25) is 10.0 Å². The molecule has 0 bridgehead atoms. The summed E-state index contributed by atoms with van der Waals surface area (Å²) >= 11 is 15.4. The van der Waals surface area contributed by atoms with E-state index in [2.05, 4.69) is 15.9 Å². The third-order valence-electron chi connectivity index (χ3n) is 2.57. The number of halogens is 3. The van der Waals surface area contributed by atoms with Crippen LogP contribution >= 0.6 is 39.1 Å². The van der Waals surface area contributed by atoms with E-state index in [4.69, 9.17) is 33.1 Å². The molecule has 112 valence electrons. The first-order valence-electron chi connectivity index (χ1n) is 5.66. The van der Waals surface area contributed by atoms with Gasteiger partial charge in [-0.1, -0.05) is 51.3 Å². The number of hydrogen-bond donors (Lipinski definition) is 1. The van der Waals surface area contributed by atoms with Crippen molar-refractivity contribution in [3.63, 3.8) is 0 Å². The van der Waals surface area contributed by atoms with E-state index < -0.39 is 10.0 Å². The third kappa shape index (κ3) is 4.34. The van der Waals surface area contributed by atoms with Gasteiger partial charge < -0.3 is 4.74 Å². The molecule has 0 saturated heterocycles. The highest BCUT2D eigenvalue weighted by atomic mass is 79.9. The Morgan fingerprint density at radius 2 is 1.76 bits per heavy atom. The molecule has 0 spiro atoms. The number of rotatable bonds is 4. The summed E-state index contributed by atoms with van der Waals surface area (Å²) in [6.07, 6.45) is 0. The van der Waals surface area contributed by atoms with Crippen LogP contribution in [0.5, 0.6) is 5.75 Å². The normalized spacial score (nSPS) is 11.4. The molecule has 0 aliphatic carbocycles. The highest BCUT2D eigenvalue weighted by molar-refractivity contribution is 9.10.